The fourth-order valence-corrected chi connectivity index (χ4v) is 3.75. The number of rotatable bonds is 6. The molecule has 0 saturated carbocycles. The third kappa shape index (κ3) is 3.85. The number of carbonyl (C=O) groups is 2. The van der Waals surface area contributed by atoms with Crippen LogP contribution in [0, 0.1) is 17.6 Å². The van der Waals surface area contributed by atoms with Crippen LogP contribution in [0.5, 0.6) is 0 Å². The molecule has 2 heterocycles. The molecule has 5 nitrogen and oxygen atoms in total. The number of anilines is 1. The van der Waals surface area contributed by atoms with Gasteiger partial charge in [0.15, 0.2) is 11.6 Å². The van der Waals surface area contributed by atoms with Gasteiger partial charge in [-0.1, -0.05) is 18.2 Å². The minimum atomic E-state index is -1.01. The van der Waals surface area contributed by atoms with E-state index in [0.29, 0.717) is 19.5 Å². The molecule has 1 aliphatic heterocycles. The number of aryl methyl sites for hydroxylation is 1. The summed E-state index contributed by atoms with van der Waals surface area (Å²) >= 11 is 0. The molecule has 2 amide bonds. The molecule has 0 bridgehead atoms. The van der Waals surface area contributed by atoms with Crippen LogP contribution in [0.25, 0.3) is 10.9 Å². The summed E-state index contributed by atoms with van der Waals surface area (Å²) in [5.74, 6) is -3.48. The number of fused-ring (bicyclic) bond motifs is 1. The van der Waals surface area contributed by atoms with Crippen molar-refractivity contribution in [3.05, 3.63) is 66.4 Å². The first kappa shape index (κ1) is 19.1. The molecule has 2 aromatic carbocycles. The van der Waals surface area contributed by atoms with Crippen LogP contribution in [0.3, 0.4) is 0 Å². The van der Waals surface area contributed by atoms with Gasteiger partial charge in [0.05, 0.1) is 0 Å². The molecule has 7 heteroatoms. The molecular weight excluding hydrogens is 376 g/mol. The minimum absolute atomic E-state index is 0.267. The lowest BCUT2D eigenvalue weighted by atomic mass is 10.1. The minimum Gasteiger partial charge on any atom is -0.355 e. The van der Waals surface area contributed by atoms with Gasteiger partial charge in [-0.25, -0.2) is 8.78 Å². The number of carbonyl (C=O) groups excluding carboxylic acids is 2. The molecule has 0 aliphatic carbocycles. The van der Waals surface area contributed by atoms with E-state index >= 15 is 0 Å². The van der Waals surface area contributed by atoms with Crippen molar-refractivity contribution in [2.45, 2.75) is 19.4 Å². The zero-order chi connectivity index (χ0) is 20.4. The van der Waals surface area contributed by atoms with Gasteiger partial charge in [-0.05, 0) is 42.5 Å². The lowest BCUT2D eigenvalue weighted by molar-refractivity contribution is -0.132. The quantitative estimate of drug-likeness (QED) is 0.512. The maximum Gasteiger partial charge on any atom is 0.239 e. The Morgan fingerprint density at radius 3 is 2.76 bits per heavy atom. The van der Waals surface area contributed by atoms with E-state index in [4.69, 9.17) is 0 Å². The highest BCUT2D eigenvalue weighted by Crippen LogP contribution is 2.26. The summed E-state index contributed by atoms with van der Waals surface area (Å²) in [6.07, 6.45) is 3.11. The molecule has 0 spiro atoms. The van der Waals surface area contributed by atoms with Gasteiger partial charge in [0.2, 0.25) is 11.8 Å². The van der Waals surface area contributed by atoms with Crippen molar-refractivity contribution in [1.29, 1.82) is 0 Å². The van der Waals surface area contributed by atoms with E-state index in [1.165, 1.54) is 16.4 Å². The van der Waals surface area contributed by atoms with Gasteiger partial charge >= 0.3 is 0 Å². The van der Waals surface area contributed by atoms with Crippen molar-refractivity contribution in [3.8, 4) is 0 Å². The highest BCUT2D eigenvalue weighted by atomic mass is 19.2. The zero-order valence-electron chi connectivity index (χ0n) is 15.8. The van der Waals surface area contributed by atoms with Gasteiger partial charge in [0.1, 0.15) is 5.92 Å². The molecular formula is C22H21F2N3O2. The number of halogens is 2. The van der Waals surface area contributed by atoms with E-state index in [2.05, 4.69) is 28.1 Å². The third-order valence-electron chi connectivity index (χ3n) is 5.29. The number of benzene rings is 2. The van der Waals surface area contributed by atoms with Gasteiger partial charge in [-0.15, -0.1) is 0 Å². The SMILES string of the molecule is O=C(NCCCn1ccc2ccccc21)C1CCN(c2ccc(F)c(F)c2)C1=O. The lowest BCUT2D eigenvalue weighted by Crippen LogP contribution is -2.37. The van der Waals surface area contributed by atoms with Crippen LogP contribution in [-0.2, 0) is 16.1 Å². The summed E-state index contributed by atoms with van der Waals surface area (Å²) in [5, 5.41) is 4.00. The third-order valence-corrected chi connectivity index (χ3v) is 5.29. The van der Waals surface area contributed by atoms with E-state index in [0.717, 1.165) is 30.6 Å². The predicted molar refractivity (Wildman–Crippen MR) is 106 cm³/mol. The number of hydrogen-bond acceptors (Lipinski definition) is 2. The normalized spacial score (nSPS) is 16.6. The second-order valence-corrected chi connectivity index (χ2v) is 7.14. The van der Waals surface area contributed by atoms with Gasteiger partial charge in [-0.2, -0.15) is 0 Å². The second kappa shape index (κ2) is 8.03. The Labute approximate surface area is 166 Å². The van der Waals surface area contributed by atoms with E-state index in [9.17, 15) is 18.4 Å². The van der Waals surface area contributed by atoms with E-state index in [1.807, 2.05) is 18.3 Å². The van der Waals surface area contributed by atoms with Crippen molar-refractivity contribution in [2.24, 2.45) is 5.92 Å². The molecule has 3 aromatic rings. The summed E-state index contributed by atoms with van der Waals surface area (Å²) < 4.78 is 28.7. The van der Waals surface area contributed by atoms with Gasteiger partial charge in [0.25, 0.3) is 0 Å². The summed E-state index contributed by atoms with van der Waals surface area (Å²) in [6, 6.07) is 13.5. The van der Waals surface area contributed by atoms with Crippen LogP contribution in [0.2, 0.25) is 0 Å². The number of hydrogen-bond donors (Lipinski definition) is 1. The Bertz CT molecular complexity index is 1060. The first-order valence-corrected chi connectivity index (χ1v) is 9.62. The van der Waals surface area contributed by atoms with Gasteiger partial charge < -0.3 is 14.8 Å². The van der Waals surface area contributed by atoms with Crippen molar-refractivity contribution < 1.29 is 18.4 Å². The summed E-state index contributed by atoms with van der Waals surface area (Å²) in [6.45, 7) is 1.52. The predicted octanol–water partition coefficient (Wildman–Crippen LogP) is 3.48. The number of nitrogens with one attached hydrogen (secondary N) is 1. The summed E-state index contributed by atoms with van der Waals surface area (Å²) in [4.78, 5) is 26.3. The Morgan fingerprint density at radius 2 is 1.93 bits per heavy atom. The van der Waals surface area contributed by atoms with Gasteiger partial charge in [0, 0.05) is 43.1 Å². The molecule has 1 atom stereocenters. The Balaban J connectivity index is 1.30. The topological polar surface area (TPSA) is 54.3 Å². The molecule has 1 unspecified atom stereocenters. The first-order valence-electron chi connectivity index (χ1n) is 9.62. The Hall–Kier alpha value is -3.22. The summed E-state index contributed by atoms with van der Waals surface area (Å²) in [5.41, 5.74) is 1.41. The van der Waals surface area contributed by atoms with Crippen molar-refractivity contribution in [3.63, 3.8) is 0 Å². The second-order valence-electron chi connectivity index (χ2n) is 7.14. The molecule has 1 aliphatic rings. The van der Waals surface area contributed by atoms with Crippen LogP contribution in [-0.4, -0.2) is 29.5 Å². The number of aromatic nitrogens is 1. The maximum atomic E-state index is 13.4. The lowest BCUT2D eigenvalue weighted by Gasteiger charge is -2.17. The zero-order valence-corrected chi connectivity index (χ0v) is 15.8. The largest absolute Gasteiger partial charge is 0.355 e. The van der Waals surface area contributed by atoms with Crippen molar-refractivity contribution in [1.82, 2.24) is 9.88 Å². The standard InChI is InChI=1S/C22H21F2N3O2/c23-18-7-6-16(14-19(18)24)27-13-9-17(22(27)29)21(28)25-10-3-11-26-12-8-15-4-1-2-5-20(15)26/h1-2,4-8,12,14,17H,3,9-11,13H2,(H,25,28). The average Bonchev–Trinajstić information content (AvgIpc) is 3.31. The molecule has 1 saturated heterocycles. The molecule has 4 rings (SSSR count). The Morgan fingerprint density at radius 1 is 1.10 bits per heavy atom. The molecule has 150 valence electrons. The monoisotopic (exact) mass is 397 g/mol. The number of para-hydroxylation sites is 1. The van der Waals surface area contributed by atoms with Gasteiger partial charge in [-0.3, -0.25) is 9.59 Å². The van der Waals surface area contributed by atoms with E-state index in [1.54, 1.807) is 0 Å². The highest BCUT2D eigenvalue weighted by molar-refractivity contribution is 6.09. The first-order chi connectivity index (χ1) is 14.0. The average molecular weight is 397 g/mol. The van der Waals surface area contributed by atoms with Crippen LogP contribution >= 0.6 is 0 Å². The molecule has 1 N–H and O–H groups in total. The molecule has 1 aromatic heterocycles. The van der Waals surface area contributed by atoms with E-state index < -0.39 is 17.6 Å². The molecule has 1 fully saturated rings. The van der Waals surface area contributed by atoms with Crippen LogP contribution in [0.4, 0.5) is 14.5 Å². The molecule has 29 heavy (non-hydrogen) atoms. The van der Waals surface area contributed by atoms with Crippen LogP contribution < -0.4 is 10.2 Å². The van der Waals surface area contributed by atoms with Crippen LogP contribution in [0.15, 0.2) is 54.7 Å². The smallest absolute Gasteiger partial charge is 0.239 e. The Kier molecular flexibility index (Phi) is 5.29. The fraction of sp³-hybridized carbons (Fsp3) is 0.273. The number of nitrogens with zero attached hydrogens (tertiary/aromatic N) is 2. The molecule has 0 radical (unpaired) electrons. The van der Waals surface area contributed by atoms with Crippen LogP contribution in [0.1, 0.15) is 12.8 Å². The van der Waals surface area contributed by atoms with Crippen molar-refractivity contribution >= 4 is 28.4 Å². The summed E-state index contributed by atoms with van der Waals surface area (Å²) in [7, 11) is 0. The van der Waals surface area contributed by atoms with E-state index in [-0.39, 0.29) is 17.5 Å². The maximum absolute atomic E-state index is 13.4. The van der Waals surface area contributed by atoms with Crippen molar-refractivity contribution in [2.75, 3.05) is 18.0 Å². The fourth-order valence-electron chi connectivity index (χ4n) is 3.75. The highest BCUT2D eigenvalue weighted by Gasteiger charge is 2.37. The number of amides is 2.